The van der Waals surface area contributed by atoms with Crippen molar-refractivity contribution in [3.05, 3.63) is 36.2 Å². The summed E-state index contributed by atoms with van der Waals surface area (Å²) >= 11 is 0. The minimum absolute atomic E-state index is 0.180. The molecular formula is C19H26N6O. The van der Waals surface area contributed by atoms with Gasteiger partial charge in [0.2, 0.25) is 11.9 Å². The molecule has 2 N–H and O–H groups in total. The SMILES string of the molecule is NC(=O)Cn1ccnc1C1CCCN(c2nccc(C3CCCC3)n2)C1. The first-order valence-electron chi connectivity index (χ1n) is 9.58. The van der Waals surface area contributed by atoms with Gasteiger partial charge in [0.25, 0.3) is 0 Å². The Labute approximate surface area is 153 Å². The van der Waals surface area contributed by atoms with Crippen LogP contribution in [0.4, 0.5) is 5.95 Å². The van der Waals surface area contributed by atoms with E-state index >= 15 is 0 Å². The molecule has 1 atom stereocenters. The molecule has 1 aliphatic heterocycles. The summed E-state index contributed by atoms with van der Waals surface area (Å²) < 4.78 is 1.87. The molecule has 3 heterocycles. The van der Waals surface area contributed by atoms with Gasteiger partial charge in [0.05, 0.1) is 0 Å². The minimum atomic E-state index is -0.343. The summed E-state index contributed by atoms with van der Waals surface area (Å²) in [6.45, 7) is 1.96. The highest BCUT2D eigenvalue weighted by molar-refractivity contribution is 5.73. The van der Waals surface area contributed by atoms with E-state index < -0.39 is 0 Å². The van der Waals surface area contributed by atoms with Crippen LogP contribution in [0.3, 0.4) is 0 Å². The third-order valence-corrected chi connectivity index (χ3v) is 5.58. The maximum Gasteiger partial charge on any atom is 0.237 e. The molecule has 0 aromatic carbocycles. The van der Waals surface area contributed by atoms with Crippen LogP contribution >= 0.6 is 0 Å². The molecule has 138 valence electrons. The number of rotatable bonds is 5. The van der Waals surface area contributed by atoms with Gasteiger partial charge in [-0.2, -0.15) is 0 Å². The number of primary amides is 1. The molecule has 1 amide bonds. The minimum Gasteiger partial charge on any atom is -0.368 e. The van der Waals surface area contributed by atoms with Gasteiger partial charge in [-0.1, -0.05) is 12.8 Å². The maximum absolute atomic E-state index is 11.3. The fourth-order valence-corrected chi connectivity index (χ4v) is 4.31. The third-order valence-electron chi connectivity index (χ3n) is 5.58. The number of nitrogens with zero attached hydrogens (tertiary/aromatic N) is 5. The lowest BCUT2D eigenvalue weighted by atomic mass is 9.97. The number of hydrogen-bond acceptors (Lipinski definition) is 5. The van der Waals surface area contributed by atoms with E-state index in [9.17, 15) is 4.79 Å². The molecule has 1 unspecified atom stereocenters. The average molecular weight is 354 g/mol. The first-order valence-corrected chi connectivity index (χ1v) is 9.58. The Morgan fingerprint density at radius 2 is 1.92 bits per heavy atom. The number of anilines is 1. The third kappa shape index (κ3) is 3.57. The molecule has 2 fully saturated rings. The van der Waals surface area contributed by atoms with Crippen LogP contribution in [0.5, 0.6) is 0 Å². The highest BCUT2D eigenvalue weighted by atomic mass is 16.1. The molecule has 4 rings (SSSR count). The smallest absolute Gasteiger partial charge is 0.237 e. The summed E-state index contributed by atoms with van der Waals surface area (Å²) in [7, 11) is 0. The van der Waals surface area contributed by atoms with Crippen molar-refractivity contribution in [3.8, 4) is 0 Å². The van der Waals surface area contributed by atoms with E-state index in [2.05, 4.69) is 20.9 Å². The number of amides is 1. The topological polar surface area (TPSA) is 89.9 Å². The number of piperidine rings is 1. The fraction of sp³-hybridized carbons (Fsp3) is 0.579. The van der Waals surface area contributed by atoms with Gasteiger partial charge in [-0.15, -0.1) is 0 Å². The number of aromatic nitrogens is 4. The van der Waals surface area contributed by atoms with Gasteiger partial charge >= 0.3 is 0 Å². The zero-order valence-corrected chi connectivity index (χ0v) is 15.0. The second kappa shape index (κ2) is 7.43. The zero-order chi connectivity index (χ0) is 17.9. The second-order valence-corrected chi connectivity index (χ2v) is 7.43. The molecule has 26 heavy (non-hydrogen) atoms. The molecule has 2 aromatic heterocycles. The van der Waals surface area contributed by atoms with Crippen molar-refractivity contribution in [1.82, 2.24) is 19.5 Å². The molecule has 1 saturated heterocycles. The van der Waals surface area contributed by atoms with Gasteiger partial charge < -0.3 is 15.2 Å². The van der Waals surface area contributed by atoms with Crippen molar-refractivity contribution in [2.75, 3.05) is 18.0 Å². The summed E-state index contributed by atoms with van der Waals surface area (Å²) in [4.78, 5) is 27.5. The van der Waals surface area contributed by atoms with Crippen molar-refractivity contribution in [1.29, 1.82) is 0 Å². The van der Waals surface area contributed by atoms with E-state index in [1.165, 1.54) is 31.4 Å². The summed E-state index contributed by atoms with van der Waals surface area (Å²) in [6, 6.07) is 2.07. The van der Waals surface area contributed by atoms with Crippen LogP contribution in [-0.2, 0) is 11.3 Å². The first kappa shape index (κ1) is 17.0. The van der Waals surface area contributed by atoms with Crippen LogP contribution in [0.1, 0.15) is 61.9 Å². The summed E-state index contributed by atoms with van der Waals surface area (Å²) in [5.41, 5.74) is 6.54. The molecule has 1 saturated carbocycles. The van der Waals surface area contributed by atoms with Crippen molar-refractivity contribution in [2.24, 2.45) is 5.73 Å². The van der Waals surface area contributed by atoms with Gasteiger partial charge in [-0.3, -0.25) is 4.79 Å². The summed E-state index contributed by atoms with van der Waals surface area (Å²) in [5.74, 6) is 2.26. The van der Waals surface area contributed by atoms with Crippen LogP contribution in [0.25, 0.3) is 0 Å². The van der Waals surface area contributed by atoms with Gasteiger partial charge in [0.15, 0.2) is 0 Å². The largest absolute Gasteiger partial charge is 0.368 e. The Morgan fingerprint density at radius 3 is 2.73 bits per heavy atom. The van der Waals surface area contributed by atoms with Crippen molar-refractivity contribution >= 4 is 11.9 Å². The molecule has 0 bridgehead atoms. The molecule has 7 nitrogen and oxygen atoms in total. The van der Waals surface area contributed by atoms with Gasteiger partial charge in [0, 0.05) is 49.2 Å². The number of nitrogens with two attached hydrogens (primary N) is 1. The standard InChI is InChI=1S/C19H26N6O/c20-17(26)13-24-11-9-21-18(24)15-6-3-10-25(12-15)19-22-8-7-16(23-19)14-4-1-2-5-14/h7-9,11,14-15H,1-6,10,12-13H2,(H2,20,26). The van der Waals surface area contributed by atoms with E-state index in [1.807, 2.05) is 17.0 Å². The molecule has 1 aliphatic carbocycles. The summed E-state index contributed by atoms with van der Waals surface area (Å²) in [5, 5.41) is 0. The average Bonchev–Trinajstić information content (AvgIpc) is 3.33. The zero-order valence-electron chi connectivity index (χ0n) is 15.0. The molecule has 2 aliphatic rings. The van der Waals surface area contributed by atoms with Crippen molar-refractivity contribution in [2.45, 2.75) is 56.9 Å². The lowest BCUT2D eigenvalue weighted by molar-refractivity contribution is -0.118. The van der Waals surface area contributed by atoms with Crippen LogP contribution in [-0.4, -0.2) is 38.5 Å². The maximum atomic E-state index is 11.3. The van der Waals surface area contributed by atoms with E-state index in [0.29, 0.717) is 5.92 Å². The van der Waals surface area contributed by atoms with Crippen LogP contribution in [0, 0.1) is 0 Å². The number of hydrogen-bond donors (Lipinski definition) is 1. The molecule has 0 spiro atoms. The van der Waals surface area contributed by atoms with E-state index in [4.69, 9.17) is 10.7 Å². The highest BCUT2D eigenvalue weighted by Crippen LogP contribution is 2.34. The normalized spacial score (nSPS) is 21.2. The Balaban J connectivity index is 1.51. The van der Waals surface area contributed by atoms with E-state index in [1.54, 1.807) is 6.20 Å². The quantitative estimate of drug-likeness (QED) is 0.889. The van der Waals surface area contributed by atoms with Gasteiger partial charge in [-0.25, -0.2) is 15.0 Å². The monoisotopic (exact) mass is 354 g/mol. The highest BCUT2D eigenvalue weighted by Gasteiger charge is 2.27. The second-order valence-electron chi connectivity index (χ2n) is 7.43. The Bertz CT molecular complexity index is 767. The first-order chi connectivity index (χ1) is 12.7. The van der Waals surface area contributed by atoms with E-state index in [-0.39, 0.29) is 18.4 Å². The number of carbonyl (C=O) groups excluding carboxylic acids is 1. The van der Waals surface area contributed by atoms with Crippen LogP contribution in [0.15, 0.2) is 24.7 Å². The van der Waals surface area contributed by atoms with Crippen molar-refractivity contribution in [3.63, 3.8) is 0 Å². The number of carbonyl (C=O) groups is 1. The van der Waals surface area contributed by atoms with Gasteiger partial charge in [0.1, 0.15) is 12.4 Å². The van der Waals surface area contributed by atoms with Crippen molar-refractivity contribution < 1.29 is 4.79 Å². The molecule has 7 heteroatoms. The Hall–Kier alpha value is -2.44. The van der Waals surface area contributed by atoms with Crippen LogP contribution < -0.4 is 10.6 Å². The number of imidazole rings is 1. The lowest BCUT2D eigenvalue weighted by Crippen LogP contribution is -2.37. The molecule has 2 aromatic rings. The fourth-order valence-electron chi connectivity index (χ4n) is 4.31. The Kier molecular flexibility index (Phi) is 4.86. The predicted molar refractivity (Wildman–Crippen MR) is 98.9 cm³/mol. The summed E-state index contributed by atoms with van der Waals surface area (Å²) in [6.07, 6.45) is 12.7. The van der Waals surface area contributed by atoms with Gasteiger partial charge in [-0.05, 0) is 31.7 Å². The molecule has 0 radical (unpaired) electrons. The predicted octanol–water partition coefficient (Wildman–Crippen LogP) is 2.20. The lowest BCUT2D eigenvalue weighted by Gasteiger charge is -2.33. The van der Waals surface area contributed by atoms with Crippen LogP contribution in [0.2, 0.25) is 0 Å². The molecular weight excluding hydrogens is 328 g/mol. The Morgan fingerprint density at radius 1 is 1.12 bits per heavy atom. The van der Waals surface area contributed by atoms with E-state index in [0.717, 1.165) is 37.7 Å².